The number of piperidine rings is 1. The van der Waals surface area contributed by atoms with Crippen LogP contribution >= 0.6 is 0 Å². The van der Waals surface area contributed by atoms with E-state index in [4.69, 9.17) is 4.74 Å². The number of hydrogen-bond acceptors (Lipinski definition) is 4. The zero-order chi connectivity index (χ0) is 20.5. The highest BCUT2D eigenvalue weighted by atomic mass is 32.2. The van der Waals surface area contributed by atoms with Crippen LogP contribution in [0.25, 0.3) is 0 Å². The number of nitrogens with zero attached hydrogens (tertiary/aromatic N) is 2. The van der Waals surface area contributed by atoms with Gasteiger partial charge in [0.05, 0.1) is 18.1 Å². The first-order valence-corrected chi connectivity index (χ1v) is 11.7. The van der Waals surface area contributed by atoms with Gasteiger partial charge >= 0.3 is 0 Å². The third-order valence-electron chi connectivity index (χ3n) is 6.38. The predicted molar refractivity (Wildman–Crippen MR) is 114 cm³/mol. The van der Waals surface area contributed by atoms with Crippen LogP contribution in [0.4, 0.5) is 0 Å². The van der Waals surface area contributed by atoms with Crippen molar-refractivity contribution in [1.82, 2.24) is 9.21 Å². The summed E-state index contributed by atoms with van der Waals surface area (Å²) in [6.45, 7) is 5.17. The van der Waals surface area contributed by atoms with Gasteiger partial charge in [-0.3, -0.25) is 4.90 Å². The second-order valence-electron chi connectivity index (χ2n) is 8.66. The van der Waals surface area contributed by atoms with Gasteiger partial charge in [-0.1, -0.05) is 48.5 Å². The van der Waals surface area contributed by atoms with Gasteiger partial charge in [-0.15, -0.1) is 0 Å². The molecule has 29 heavy (non-hydrogen) atoms. The molecule has 2 unspecified atom stereocenters. The summed E-state index contributed by atoms with van der Waals surface area (Å²) in [5.74, 6) is 0. The minimum absolute atomic E-state index is 0.159. The van der Waals surface area contributed by atoms with Crippen molar-refractivity contribution in [3.63, 3.8) is 0 Å². The van der Waals surface area contributed by atoms with E-state index in [0.29, 0.717) is 17.5 Å². The minimum Gasteiger partial charge on any atom is -0.380 e. The molecule has 2 aromatic carbocycles. The molecule has 0 saturated carbocycles. The fourth-order valence-corrected chi connectivity index (χ4v) is 6.08. The molecule has 2 aliphatic heterocycles. The van der Waals surface area contributed by atoms with Crippen LogP contribution < -0.4 is 0 Å². The molecular formula is C23H30N2O3S. The van der Waals surface area contributed by atoms with Crippen LogP contribution in [0.1, 0.15) is 25.3 Å². The number of ether oxygens (including phenoxy) is 1. The van der Waals surface area contributed by atoms with Crippen LogP contribution in [0, 0.1) is 5.41 Å². The first-order valence-electron chi connectivity index (χ1n) is 10.3. The fraction of sp³-hybridized carbons (Fsp3) is 0.478. The SMILES string of the molecule is CC1CC2(COC2)CC(CN(C)S(=O)(=O)c2ccccc2)N1Cc1ccccc1. The van der Waals surface area contributed by atoms with Gasteiger partial charge < -0.3 is 4.74 Å². The highest BCUT2D eigenvalue weighted by Gasteiger charge is 2.48. The summed E-state index contributed by atoms with van der Waals surface area (Å²) in [5, 5.41) is 0. The molecule has 0 bridgehead atoms. The van der Waals surface area contributed by atoms with Crippen molar-refractivity contribution < 1.29 is 13.2 Å². The average molecular weight is 415 g/mol. The second-order valence-corrected chi connectivity index (χ2v) is 10.7. The zero-order valence-electron chi connectivity index (χ0n) is 17.2. The molecule has 0 aliphatic carbocycles. The minimum atomic E-state index is -3.50. The van der Waals surface area contributed by atoms with Crippen molar-refractivity contribution >= 4 is 10.0 Å². The van der Waals surface area contributed by atoms with Crippen molar-refractivity contribution in [2.75, 3.05) is 26.8 Å². The van der Waals surface area contributed by atoms with E-state index in [1.165, 1.54) is 9.87 Å². The molecule has 4 rings (SSSR count). The molecule has 2 saturated heterocycles. The lowest BCUT2D eigenvalue weighted by atomic mass is 9.71. The standard InChI is InChI=1S/C23H30N2O3S/c1-19-13-23(17-28-18-23)14-21(25(19)15-20-9-5-3-6-10-20)16-24(2)29(26,27)22-11-7-4-8-12-22/h3-12,19,21H,13-18H2,1-2H3. The zero-order valence-corrected chi connectivity index (χ0v) is 18.0. The van der Waals surface area contributed by atoms with E-state index in [0.717, 1.165) is 32.6 Å². The van der Waals surface area contributed by atoms with Gasteiger partial charge in [0.15, 0.2) is 0 Å². The van der Waals surface area contributed by atoms with Gasteiger partial charge in [0.25, 0.3) is 0 Å². The molecule has 156 valence electrons. The lowest BCUT2D eigenvalue weighted by Crippen LogP contribution is -2.60. The second kappa shape index (κ2) is 8.19. The van der Waals surface area contributed by atoms with Gasteiger partial charge in [-0.2, -0.15) is 4.31 Å². The number of likely N-dealkylation sites (N-methyl/N-ethyl adjacent to an activating group) is 1. The molecule has 1 spiro atoms. The quantitative estimate of drug-likeness (QED) is 0.727. The first kappa shape index (κ1) is 20.5. The fourth-order valence-electron chi connectivity index (χ4n) is 4.85. The van der Waals surface area contributed by atoms with Gasteiger partial charge in [-0.05, 0) is 37.5 Å². The van der Waals surface area contributed by atoms with Crippen molar-refractivity contribution in [3.05, 3.63) is 66.2 Å². The van der Waals surface area contributed by atoms with E-state index >= 15 is 0 Å². The first-order chi connectivity index (χ1) is 13.9. The van der Waals surface area contributed by atoms with Crippen LogP contribution in [0.5, 0.6) is 0 Å². The Morgan fingerprint density at radius 3 is 2.24 bits per heavy atom. The van der Waals surface area contributed by atoms with Crippen molar-refractivity contribution in [2.24, 2.45) is 5.41 Å². The molecular weight excluding hydrogens is 384 g/mol. The molecule has 2 fully saturated rings. The monoisotopic (exact) mass is 414 g/mol. The van der Waals surface area contributed by atoms with Crippen LogP contribution in [0.3, 0.4) is 0 Å². The normalized spacial score (nSPS) is 24.5. The molecule has 0 radical (unpaired) electrons. The van der Waals surface area contributed by atoms with E-state index in [-0.39, 0.29) is 11.5 Å². The van der Waals surface area contributed by atoms with E-state index in [1.807, 2.05) is 12.1 Å². The maximum absolute atomic E-state index is 13.1. The molecule has 0 amide bonds. The summed E-state index contributed by atoms with van der Waals surface area (Å²) in [4.78, 5) is 2.83. The molecule has 5 nitrogen and oxygen atoms in total. The van der Waals surface area contributed by atoms with Crippen LogP contribution in [-0.4, -0.2) is 56.5 Å². The number of hydrogen-bond donors (Lipinski definition) is 0. The molecule has 2 atom stereocenters. The van der Waals surface area contributed by atoms with E-state index in [2.05, 4.69) is 36.1 Å². The lowest BCUT2D eigenvalue weighted by Gasteiger charge is -2.54. The van der Waals surface area contributed by atoms with Crippen molar-refractivity contribution in [1.29, 1.82) is 0 Å². The maximum Gasteiger partial charge on any atom is 0.242 e. The number of sulfonamides is 1. The number of benzene rings is 2. The third kappa shape index (κ3) is 4.26. The van der Waals surface area contributed by atoms with E-state index in [9.17, 15) is 8.42 Å². The Morgan fingerprint density at radius 2 is 1.66 bits per heavy atom. The molecule has 2 heterocycles. The Labute approximate surface area is 174 Å². The van der Waals surface area contributed by atoms with Crippen molar-refractivity contribution in [2.45, 2.75) is 43.3 Å². The maximum atomic E-state index is 13.1. The summed E-state index contributed by atoms with van der Waals surface area (Å²) in [7, 11) is -1.80. The summed E-state index contributed by atoms with van der Waals surface area (Å²) in [6.07, 6.45) is 2.07. The Bertz CT molecular complexity index is 914. The Kier molecular flexibility index (Phi) is 5.80. The molecule has 0 N–H and O–H groups in total. The Balaban J connectivity index is 1.56. The Hall–Kier alpha value is -1.73. The van der Waals surface area contributed by atoms with E-state index in [1.54, 1.807) is 31.3 Å². The van der Waals surface area contributed by atoms with Gasteiger partial charge in [-0.25, -0.2) is 8.42 Å². The van der Waals surface area contributed by atoms with Crippen LogP contribution in [0.2, 0.25) is 0 Å². The van der Waals surface area contributed by atoms with Gasteiger partial charge in [0.2, 0.25) is 10.0 Å². The lowest BCUT2D eigenvalue weighted by molar-refractivity contribution is -0.164. The summed E-state index contributed by atoms with van der Waals surface area (Å²) >= 11 is 0. The average Bonchev–Trinajstić information content (AvgIpc) is 2.70. The molecule has 2 aromatic rings. The van der Waals surface area contributed by atoms with E-state index < -0.39 is 10.0 Å². The summed E-state index contributed by atoms with van der Waals surface area (Å²) < 4.78 is 33.2. The largest absolute Gasteiger partial charge is 0.380 e. The number of likely N-dealkylation sites (tertiary alicyclic amines) is 1. The Morgan fingerprint density at radius 1 is 1.03 bits per heavy atom. The predicted octanol–water partition coefficient (Wildman–Crippen LogP) is 3.38. The van der Waals surface area contributed by atoms with Crippen LogP contribution in [0.15, 0.2) is 65.6 Å². The van der Waals surface area contributed by atoms with Crippen LogP contribution in [-0.2, 0) is 21.3 Å². The molecule has 0 aromatic heterocycles. The summed E-state index contributed by atoms with van der Waals surface area (Å²) in [6, 6.07) is 19.7. The third-order valence-corrected chi connectivity index (χ3v) is 8.21. The highest BCUT2D eigenvalue weighted by Crippen LogP contribution is 2.44. The molecule has 6 heteroatoms. The molecule has 2 aliphatic rings. The number of rotatable bonds is 6. The van der Waals surface area contributed by atoms with Crippen molar-refractivity contribution in [3.8, 4) is 0 Å². The van der Waals surface area contributed by atoms with Gasteiger partial charge in [0, 0.05) is 37.6 Å². The topological polar surface area (TPSA) is 49.9 Å². The highest BCUT2D eigenvalue weighted by molar-refractivity contribution is 7.89. The summed E-state index contributed by atoms with van der Waals surface area (Å²) in [5.41, 5.74) is 1.47. The van der Waals surface area contributed by atoms with Gasteiger partial charge in [0.1, 0.15) is 0 Å². The smallest absolute Gasteiger partial charge is 0.242 e.